The number of amides is 2. The van der Waals surface area contributed by atoms with Gasteiger partial charge in [-0.15, -0.1) is 0 Å². The molecule has 1 fully saturated rings. The van der Waals surface area contributed by atoms with Crippen molar-refractivity contribution in [2.45, 2.75) is 31.9 Å². The molecule has 9 heteroatoms. The molecule has 1 N–H and O–H groups in total. The predicted octanol–water partition coefficient (Wildman–Crippen LogP) is 5.61. The molecule has 170 valence electrons. The van der Waals surface area contributed by atoms with Crippen molar-refractivity contribution in [3.8, 4) is 0 Å². The summed E-state index contributed by atoms with van der Waals surface area (Å²) >= 11 is 13.5. The SMILES string of the molecule is COCCCN1C(=O)C(CC(=O)Nc2cccc(Cl)c2Cl)SC1=Nc1ccc(C)cc1C. The maximum Gasteiger partial charge on any atom is 0.242 e. The molecule has 6 nitrogen and oxygen atoms in total. The van der Waals surface area contributed by atoms with Gasteiger partial charge in [-0.25, -0.2) is 4.99 Å². The van der Waals surface area contributed by atoms with E-state index in [-0.39, 0.29) is 23.3 Å². The molecule has 0 bridgehead atoms. The first kappa shape index (κ1) is 24.6. The second-order valence-corrected chi connectivity index (χ2v) is 9.44. The quantitative estimate of drug-likeness (QED) is 0.485. The van der Waals surface area contributed by atoms with E-state index in [0.717, 1.165) is 16.8 Å². The van der Waals surface area contributed by atoms with Gasteiger partial charge in [0, 0.05) is 26.7 Å². The van der Waals surface area contributed by atoms with Crippen LogP contribution in [0, 0.1) is 13.8 Å². The van der Waals surface area contributed by atoms with E-state index in [1.165, 1.54) is 11.8 Å². The Kier molecular flexibility index (Phi) is 8.59. The second kappa shape index (κ2) is 11.2. The normalized spacial score (nSPS) is 17.3. The van der Waals surface area contributed by atoms with Crippen molar-refractivity contribution in [2.75, 3.05) is 25.6 Å². The van der Waals surface area contributed by atoms with Gasteiger partial charge in [0.1, 0.15) is 5.25 Å². The summed E-state index contributed by atoms with van der Waals surface area (Å²) in [5, 5.41) is 3.39. The molecule has 1 atom stereocenters. The minimum Gasteiger partial charge on any atom is -0.385 e. The van der Waals surface area contributed by atoms with Crippen LogP contribution in [0.1, 0.15) is 24.0 Å². The molecule has 2 aromatic carbocycles. The fourth-order valence-corrected chi connectivity index (χ4v) is 4.83. The summed E-state index contributed by atoms with van der Waals surface area (Å²) in [7, 11) is 1.62. The van der Waals surface area contributed by atoms with Crippen LogP contribution in [0.3, 0.4) is 0 Å². The molecule has 0 radical (unpaired) electrons. The average Bonchev–Trinajstić information content (AvgIpc) is 3.02. The third-order valence-corrected chi connectivity index (χ3v) is 6.91. The van der Waals surface area contributed by atoms with Gasteiger partial charge in [0.05, 0.1) is 21.4 Å². The van der Waals surface area contributed by atoms with E-state index in [9.17, 15) is 9.59 Å². The molecule has 0 saturated carbocycles. The Morgan fingerprint density at radius 3 is 2.75 bits per heavy atom. The Bertz CT molecular complexity index is 1050. The highest BCUT2D eigenvalue weighted by atomic mass is 35.5. The fourth-order valence-electron chi connectivity index (χ4n) is 3.30. The number of hydrogen-bond acceptors (Lipinski definition) is 5. The van der Waals surface area contributed by atoms with Gasteiger partial charge >= 0.3 is 0 Å². The number of aliphatic imine (C=N–C) groups is 1. The summed E-state index contributed by atoms with van der Waals surface area (Å²) in [5.74, 6) is -0.452. The van der Waals surface area contributed by atoms with Crippen LogP contribution >= 0.6 is 35.0 Å². The zero-order valence-corrected chi connectivity index (χ0v) is 20.5. The first-order valence-electron chi connectivity index (χ1n) is 10.2. The highest BCUT2D eigenvalue weighted by Crippen LogP contribution is 2.34. The number of halogens is 2. The number of nitrogens with zero attached hydrogens (tertiary/aromatic N) is 2. The number of hydrogen-bond donors (Lipinski definition) is 1. The minimum absolute atomic E-state index is 0.000972. The highest BCUT2D eigenvalue weighted by Gasteiger charge is 2.39. The number of ether oxygens (including phenoxy) is 1. The van der Waals surface area contributed by atoms with Gasteiger partial charge in [0.25, 0.3) is 0 Å². The number of benzene rings is 2. The number of methoxy groups -OCH3 is 1. The molecule has 1 aliphatic rings. The van der Waals surface area contributed by atoms with E-state index in [1.807, 2.05) is 26.0 Å². The number of thioether (sulfide) groups is 1. The predicted molar refractivity (Wildman–Crippen MR) is 132 cm³/mol. The topological polar surface area (TPSA) is 71.0 Å². The Morgan fingerprint density at radius 1 is 1.25 bits per heavy atom. The zero-order valence-electron chi connectivity index (χ0n) is 18.2. The number of amidine groups is 1. The summed E-state index contributed by atoms with van der Waals surface area (Å²) in [6.07, 6.45) is 0.671. The van der Waals surface area contributed by atoms with E-state index in [0.29, 0.717) is 35.5 Å². The summed E-state index contributed by atoms with van der Waals surface area (Å²) in [4.78, 5) is 32.1. The lowest BCUT2D eigenvalue weighted by atomic mass is 10.1. The molecular weight excluding hydrogens is 469 g/mol. The average molecular weight is 494 g/mol. The monoisotopic (exact) mass is 493 g/mol. The molecule has 2 aromatic rings. The minimum atomic E-state index is -0.569. The van der Waals surface area contributed by atoms with Gasteiger partial charge in [0.15, 0.2) is 5.17 Å². The third-order valence-electron chi connectivity index (χ3n) is 4.92. The first-order valence-corrected chi connectivity index (χ1v) is 11.8. The van der Waals surface area contributed by atoms with Crippen molar-refractivity contribution in [1.29, 1.82) is 0 Å². The number of rotatable bonds is 8. The van der Waals surface area contributed by atoms with E-state index in [1.54, 1.807) is 30.2 Å². The molecule has 32 heavy (non-hydrogen) atoms. The lowest BCUT2D eigenvalue weighted by Gasteiger charge is -2.16. The summed E-state index contributed by atoms with van der Waals surface area (Å²) in [6, 6.07) is 11.0. The van der Waals surface area contributed by atoms with Crippen LogP contribution in [0.2, 0.25) is 10.0 Å². The van der Waals surface area contributed by atoms with Crippen molar-refractivity contribution in [3.63, 3.8) is 0 Å². The van der Waals surface area contributed by atoms with Crippen molar-refractivity contribution < 1.29 is 14.3 Å². The van der Waals surface area contributed by atoms with Crippen LogP contribution in [0.15, 0.2) is 41.4 Å². The standard InChI is InChI=1S/C23H25Cl2N3O3S/c1-14-8-9-17(15(2)12-14)27-23-28(10-5-11-31-3)22(30)19(32-23)13-20(29)26-18-7-4-6-16(24)21(18)25/h4,6-9,12,19H,5,10-11,13H2,1-3H3,(H,26,29). The largest absolute Gasteiger partial charge is 0.385 e. The van der Waals surface area contributed by atoms with Crippen LogP contribution in [-0.4, -0.2) is 47.4 Å². The Hall–Kier alpha value is -2.06. The lowest BCUT2D eigenvalue weighted by molar-refractivity contribution is -0.128. The van der Waals surface area contributed by atoms with Gasteiger partial charge in [-0.1, -0.05) is 58.7 Å². The molecular formula is C23H25Cl2N3O3S. The molecule has 2 amide bonds. The van der Waals surface area contributed by atoms with Crippen molar-refractivity contribution in [1.82, 2.24) is 4.90 Å². The van der Waals surface area contributed by atoms with E-state index in [2.05, 4.69) is 11.4 Å². The Labute approximate surface area is 202 Å². The molecule has 0 spiro atoms. The summed E-state index contributed by atoms with van der Waals surface area (Å²) in [6.45, 7) is 5.02. The van der Waals surface area contributed by atoms with Crippen LogP contribution in [0.25, 0.3) is 0 Å². The molecule has 1 unspecified atom stereocenters. The van der Waals surface area contributed by atoms with Crippen molar-refractivity contribution in [2.24, 2.45) is 4.99 Å². The number of nitrogens with one attached hydrogen (secondary N) is 1. The second-order valence-electron chi connectivity index (χ2n) is 7.48. The highest BCUT2D eigenvalue weighted by molar-refractivity contribution is 8.15. The third kappa shape index (κ3) is 6.04. The maximum absolute atomic E-state index is 13.1. The van der Waals surface area contributed by atoms with Gasteiger partial charge in [-0.3, -0.25) is 14.5 Å². The lowest BCUT2D eigenvalue weighted by Crippen LogP contribution is -2.34. The van der Waals surface area contributed by atoms with E-state index in [4.69, 9.17) is 32.9 Å². The summed E-state index contributed by atoms with van der Waals surface area (Å²) < 4.78 is 5.13. The Balaban J connectivity index is 1.78. The van der Waals surface area contributed by atoms with Crippen LogP contribution < -0.4 is 5.32 Å². The Morgan fingerprint density at radius 2 is 2.03 bits per heavy atom. The first-order chi connectivity index (χ1) is 15.3. The van der Waals surface area contributed by atoms with Crippen LogP contribution in [0.5, 0.6) is 0 Å². The summed E-state index contributed by atoms with van der Waals surface area (Å²) in [5.41, 5.74) is 3.39. The fraction of sp³-hybridized carbons (Fsp3) is 0.348. The van der Waals surface area contributed by atoms with Crippen molar-refractivity contribution >= 4 is 63.3 Å². The van der Waals surface area contributed by atoms with Gasteiger partial charge < -0.3 is 10.1 Å². The van der Waals surface area contributed by atoms with Gasteiger partial charge in [-0.05, 0) is 44.0 Å². The molecule has 1 heterocycles. The molecule has 1 saturated heterocycles. The zero-order chi connectivity index (χ0) is 23.3. The maximum atomic E-state index is 13.1. The molecule has 1 aliphatic heterocycles. The number of carbonyl (C=O) groups excluding carboxylic acids is 2. The smallest absolute Gasteiger partial charge is 0.242 e. The van der Waals surface area contributed by atoms with E-state index < -0.39 is 5.25 Å². The number of aryl methyl sites for hydroxylation is 2. The van der Waals surface area contributed by atoms with Crippen LogP contribution in [-0.2, 0) is 14.3 Å². The van der Waals surface area contributed by atoms with Crippen LogP contribution in [0.4, 0.5) is 11.4 Å². The van der Waals surface area contributed by atoms with E-state index >= 15 is 0 Å². The molecule has 3 rings (SSSR count). The molecule has 0 aliphatic carbocycles. The van der Waals surface area contributed by atoms with Gasteiger partial charge in [0.2, 0.25) is 11.8 Å². The number of anilines is 1. The number of carbonyl (C=O) groups is 2. The molecule has 0 aromatic heterocycles. The van der Waals surface area contributed by atoms with Crippen molar-refractivity contribution in [3.05, 3.63) is 57.6 Å². The van der Waals surface area contributed by atoms with Gasteiger partial charge in [-0.2, -0.15) is 0 Å².